The molecule has 0 aromatic heterocycles. The Kier molecular flexibility index (Phi) is 4.16. The number of benzene rings is 1. The molecular weight excluding hydrogens is 250 g/mol. The van der Waals surface area contributed by atoms with Crippen LogP contribution in [0.5, 0.6) is 11.5 Å². The summed E-state index contributed by atoms with van der Waals surface area (Å²) in [4.78, 5) is 0. The summed E-state index contributed by atoms with van der Waals surface area (Å²) >= 11 is 0. The second kappa shape index (κ2) is 6.04. The maximum Gasteiger partial charge on any atom is 0.161 e. The lowest BCUT2D eigenvalue weighted by molar-refractivity contribution is 0.171. The molecule has 1 aromatic carbocycles. The third-order valence-corrected chi connectivity index (χ3v) is 4.51. The number of nitrogens with one attached hydrogen (secondary N) is 1. The quantitative estimate of drug-likeness (QED) is 0.889. The molecule has 3 nitrogen and oxygen atoms in total. The molecular formula is C17H25NO2. The van der Waals surface area contributed by atoms with Crippen LogP contribution in [0.4, 0.5) is 0 Å². The third kappa shape index (κ3) is 3.09. The minimum atomic E-state index is 0.348. The molecule has 1 N–H and O–H groups in total. The van der Waals surface area contributed by atoms with Gasteiger partial charge in [-0.15, -0.1) is 0 Å². The fourth-order valence-electron chi connectivity index (χ4n) is 3.15. The Balaban J connectivity index is 1.59. The van der Waals surface area contributed by atoms with E-state index in [4.69, 9.17) is 9.47 Å². The lowest BCUT2D eigenvalue weighted by Gasteiger charge is -2.30. The summed E-state index contributed by atoms with van der Waals surface area (Å²) in [7, 11) is 0. The van der Waals surface area contributed by atoms with Crippen molar-refractivity contribution in [1.82, 2.24) is 5.32 Å². The van der Waals surface area contributed by atoms with Crippen molar-refractivity contribution in [2.45, 2.75) is 51.6 Å². The molecule has 0 amide bonds. The van der Waals surface area contributed by atoms with Crippen LogP contribution in [-0.4, -0.2) is 19.3 Å². The van der Waals surface area contributed by atoms with Crippen LogP contribution in [-0.2, 0) is 0 Å². The van der Waals surface area contributed by atoms with E-state index in [1.165, 1.54) is 31.2 Å². The van der Waals surface area contributed by atoms with Crippen LogP contribution < -0.4 is 14.8 Å². The van der Waals surface area contributed by atoms with Gasteiger partial charge in [-0.3, -0.25) is 0 Å². The maximum absolute atomic E-state index is 5.66. The topological polar surface area (TPSA) is 30.5 Å². The van der Waals surface area contributed by atoms with Gasteiger partial charge in [0.2, 0.25) is 0 Å². The number of hydrogen-bond acceptors (Lipinski definition) is 3. The van der Waals surface area contributed by atoms with Gasteiger partial charge in [-0.2, -0.15) is 0 Å². The van der Waals surface area contributed by atoms with Crippen LogP contribution in [0, 0.1) is 5.92 Å². The van der Waals surface area contributed by atoms with Crippen molar-refractivity contribution in [3.63, 3.8) is 0 Å². The highest BCUT2D eigenvalue weighted by atomic mass is 16.6. The van der Waals surface area contributed by atoms with Crippen LogP contribution in [0.2, 0.25) is 0 Å². The van der Waals surface area contributed by atoms with Gasteiger partial charge in [0.15, 0.2) is 11.5 Å². The summed E-state index contributed by atoms with van der Waals surface area (Å²) in [5.41, 5.74) is 1.27. The molecule has 0 spiro atoms. The number of ether oxygens (including phenoxy) is 2. The average molecular weight is 275 g/mol. The highest BCUT2D eigenvalue weighted by Gasteiger charge is 2.21. The van der Waals surface area contributed by atoms with Crippen molar-refractivity contribution in [1.29, 1.82) is 0 Å². The van der Waals surface area contributed by atoms with Gasteiger partial charge in [0.25, 0.3) is 0 Å². The first-order chi connectivity index (χ1) is 9.72. The van der Waals surface area contributed by atoms with Crippen molar-refractivity contribution in [3.8, 4) is 11.5 Å². The fourth-order valence-corrected chi connectivity index (χ4v) is 3.15. The van der Waals surface area contributed by atoms with E-state index in [2.05, 4.69) is 31.3 Å². The van der Waals surface area contributed by atoms with Crippen LogP contribution in [0.25, 0.3) is 0 Å². The molecule has 1 aliphatic heterocycles. The Bertz CT molecular complexity index is 456. The number of hydrogen-bond donors (Lipinski definition) is 1. The Morgan fingerprint density at radius 2 is 1.90 bits per heavy atom. The zero-order valence-electron chi connectivity index (χ0n) is 12.5. The minimum Gasteiger partial charge on any atom is -0.486 e. The predicted molar refractivity (Wildman–Crippen MR) is 80.4 cm³/mol. The van der Waals surface area contributed by atoms with Gasteiger partial charge in [0.05, 0.1) is 0 Å². The molecule has 1 heterocycles. The van der Waals surface area contributed by atoms with Gasteiger partial charge in [-0.05, 0) is 43.9 Å². The summed E-state index contributed by atoms with van der Waals surface area (Å²) in [5.74, 6) is 2.70. The molecule has 2 unspecified atom stereocenters. The molecule has 0 radical (unpaired) electrons. The molecule has 0 bridgehead atoms. The van der Waals surface area contributed by atoms with Crippen molar-refractivity contribution in [2.75, 3.05) is 13.2 Å². The summed E-state index contributed by atoms with van der Waals surface area (Å²) in [5, 5.41) is 3.71. The van der Waals surface area contributed by atoms with Crippen molar-refractivity contribution < 1.29 is 9.47 Å². The van der Waals surface area contributed by atoms with E-state index in [1.54, 1.807) is 0 Å². The summed E-state index contributed by atoms with van der Waals surface area (Å²) in [6.07, 6.45) is 5.57. The van der Waals surface area contributed by atoms with Crippen molar-refractivity contribution >= 4 is 0 Å². The van der Waals surface area contributed by atoms with Crippen LogP contribution in [0.3, 0.4) is 0 Å². The zero-order valence-corrected chi connectivity index (χ0v) is 12.5. The normalized spacial score (nSPS) is 21.1. The van der Waals surface area contributed by atoms with E-state index in [0.29, 0.717) is 25.3 Å². The van der Waals surface area contributed by atoms with E-state index >= 15 is 0 Å². The standard InChI is InChI=1S/C17H25NO2/c1-12(10-14-4-3-5-14)18-13(2)15-6-7-16-17(11-15)20-9-8-19-16/h6-7,11-14,18H,3-5,8-10H2,1-2H3. The highest BCUT2D eigenvalue weighted by Crippen LogP contribution is 2.33. The van der Waals surface area contributed by atoms with Gasteiger partial charge >= 0.3 is 0 Å². The second-order valence-electron chi connectivity index (χ2n) is 6.23. The van der Waals surface area contributed by atoms with E-state index in [1.807, 2.05) is 6.07 Å². The first-order valence-corrected chi connectivity index (χ1v) is 7.88. The van der Waals surface area contributed by atoms with Crippen molar-refractivity contribution in [2.24, 2.45) is 5.92 Å². The lowest BCUT2D eigenvalue weighted by atomic mass is 9.81. The minimum absolute atomic E-state index is 0.348. The lowest BCUT2D eigenvalue weighted by Crippen LogP contribution is -2.32. The van der Waals surface area contributed by atoms with Gasteiger partial charge in [-0.1, -0.05) is 25.3 Å². The molecule has 0 saturated heterocycles. The molecule has 2 atom stereocenters. The fraction of sp³-hybridized carbons (Fsp3) is 0.647. The van der Waals surface area contributed by atoms with E-state index in [-0.39, 0.29) is 0 Å². The SMILES string of the molecule is CC(CC1CCC1)NC(C)c1ccc2c(c1)OCCO2. The van der Waals surface area contributed by atoms with E-state index < -0.39 is 0 Å². The monoisotopic (exact) mass is 275 g/mol. The zero-order chi connectivity index (χ0) is 13.9. The Hall–Kier alpha value is -1.22. The first-order valence-electron chi connectivity index (χ1n) is 7.88. The van der Waals surface area contributed by atoms with Gasteiger partial charge in [0.1, 0.15) is 13.2 Å². The third-order valence-electron chi connectivity index (χ3n) is 4.51. The average Bonchev–Trinajstić information content (AvgIpc) is 2.42. The largest absolute Gasteiger partial charge is 0.486 e. The molecule has 3 heteroatoms. The number of fused-ring (bicyclic) bond motifs is 1. The van der Waals surface area contributed by atoms with Crippen LogP contribution in [0.15, 0.2) is 18.2 Å². The second-order valence-corrected chi connectivity index (χ2v) is 6.23. The molecule has 110 valence electrons. The Labute approximate surface area is 121 Å². The Morgan fingerprint density at radius 1 is 1.15 bits per heavy atom. The van der Waals surface area contributed by atoms with E-state index in [9.17, 15) is 0 Å². The van der Waals surface area contributed by atoms with Crippen LogP contribution in [0.1, 0.15) is 51.1 Å². The summed E-state index contributed by atoms with van der Waals surface area (Å²) < 4.78 is 11.2. The molecule has 1 saturated carbocycles. The number of rotatable bonds is 5. The molecule has 1 aromatic rings. The molecule has 2 aliphatic rings. The van der Waals surface area contributed by atoms with Crippen molar-refractivity contribution in [3.05, 3.63) is 23.8 Å². The predicted octanol–water partition coefficient (Wildman–Crippen LogP) is 3.69. The Morgan fingerprint density at radius 3 is 2.60 bits per heavy atom. The van der Waals surface area contributed by atoms with Gasteiger partial charge in [0, 0.05) is 12.1 Å². The smallest absolute Gasteiger partial charge is 0.161 e. The summed E-state index contributed by atoms with van der Waals surface area (Å²) in [6, 6.07) is 7.20. The molecule has 1 aliphatic carbocycles. The highest BCUT2D eigenvalue weighted by molar-refractivity contribution is 5.44. The maximum atomic E-state index is 5.66. The first kappa shape index (κ1) is 13.7. The molecule has 3 rings (SSSR count). The molecule has 20 heavy (non-hydrogen) atoms. The van der Waals surface area contributed by atoms with Gasteiger partial charge < -0.3 is 14.8 Å². The summed E-state index contributed by atoms with van der Waals surface area (Å²) in [6.45, 7) is 5.82. The molecule has 1 fully saturated rings. The van der Waals surface area contributed by atoms with Gasteiger partial charge in [-0.25, -0.2) is 0 Å². The van der Waals surface area contributed by atoms with E-state index in [0.717, 1.165) is 17.4 Å². The van der Waals surface area contributed by atoms with Crippen LogP contribution >= 0.6 is 0 Å².